The van der Waals surface area contributed by atoms with Crippen LogP contribution in [0.25, 0.3) is 0 Å². The lowest BCUT2D eigenvalue weighted by Gasteiger charge is -2.07. The third kappa shape index (κ3) is 2.19. The summed E-state index contributed by atoms with van der Waals surface area (Å²) in [7, 11) is 0. The quantitative estimate of drug-likeness (QED) is 0.409. The molecule has 0 spiro atoms. The maximum Gasteiger partial charge on any atom is 0.308 e. The minimum absolute atomic E-state index is 0.355. The highest BCUT2D eigenvalue weighted by atomic mass is 16.5. The third-order valence-electron chi connectivity index (χ3n) is 1.94. The second-order valence-electron chi connectivity index (χ2n) is 3.19. The van der Waals surface area contributed by atoms with Gasteiger partial charge in [-0.3, -0.25) is 9.59 Å². The van der Waals surface area contributed by atoms with E-state index in [9.17, 15) is 9.59 Å². The number of benzene rings is 1. The molecule has 0 N–H and O–H groups in total. The van der Waals surface area contributed by atoms with Gasteiger partial charge in [-0.05, 0) is 37.1 Å². The van der Waals surface area contributed by atoms with Gasteiger partial charge in [0, 0.05) is 12.5 Å². The van der Waals surface area contributed by atoms with E-state index in [4.69, 9.17) is 4.74 Å². The highest BCUT2D eigenvalue weighted by Gasteiger charge is 2.06. The first kappa shape index (κ1) is 10.4. The van der Waals surface area contributed by atoms with Gasteiger partial charge in [0.25, 0.3) is 0 Å². The van der Waals surface area contributed by atoms with E-state index in [1.165, 1.54) is 6.92 Å². The van der Waals surface area contributed by atoms with Gasteiger partial charge < -0.3 is 4.74 Å². The van der Waals surface area contributed by atoms with Crippen LogP contribution in [0.1, 0.15) is 28.4 Å². The van der Waals surface area contributed by atoms with Gasteiger partial charge in [0.2, 0.25) is 0 Å². The zero-order valence-electron chi connectivity index (χ0n) is 8.46. The maximum atomic E-state index is 10.7. The fourth-order valence-corrected chi connectivity index (χ4v) is 1.20. The van der Waals surface area contributed by atoms with Crippen LogP contribution in [0.3, 0.4) is 0 Å². The summed E-state index contributed by atoms with van der Waals surface area (Å²) in [6.07, 6.45) is 0.792. The smallest absolute Gasteiger partial charge is 0.308 e. The molecule has 0 amide bonds. The molecule has 0 saturated carbocycles. The minimum atomic E-state index is -0.355. The summed E-state index contributed by atoms with van der Waals surface area (Å²) >= 11 is 0. The number of carbonyl (C=O) groups is 2. The zero-order valence-corrected chi connectivity index (χ0v) is 8.46. The number of hydrogen-bond acceptors (Lipinski definition) is 3. The Balaban J connectivity index is 3.14. The largest absolute Gasteiger partial charge is 0.426 e. The van der Waals surface area contributed by atoms with E-state index in [1.807, 2.05) is 0 Å². The van der Waals surface area contributed by atoms with Crippen LogP contribution in [0, 0.1) is 13.8 Å². The molecule has 1 aromatic carbocycles. The molecule has 0 aliphatic heterocycles. The van der Waals surface area contributed by atoms with Crippen molar-refractivity contribution in [2.75, 3.05) is 0 Å². The first-order valence-electron chi connectivity index (χ1n) is 4.29. The molecule has 0 atom stereocenters. The molecule has 0 bridgehead atoms. The summed E-state index contributed by atoms with van der Waals surface area (Å²) in [6.45, 7) is 4.95. The summed E-state index contributed by atoms with van der Waals surface area (Å²) in [5.41, 5.74) is 2.22. The van der Waals surface area contributed by atoms with Crippen molar-refractivity contribution in [2.24, 2.45) is 0 Å². The van der Waals surface area contributed by atoms with Crippen LogP contribution >= 0.6 is 0 Å². The van der Waals surface area contributed by atoms with E-state index in [0.717, 1.165) is 17.4 Å². The third-order valence-corrected chi connectivity index (χ3v) is 1.94. The molecule has 0 saturated heterocycles. The Morgan fingerprint density at radius 2 is 1.93 bits per heavy atom. The maximum absolute atomic E-state index is 10.7. The summed E-state index contributed by atoms with van der Waals surface area (Å²) in [6, 6.07) is 3.40. The summed E-state index contributed by atoms with van der Waals surface area (Å²) in [5, 5.41) is 0. The van der Waals surface area contributed by atoms with Crippen LogP contribution in [0.5, 0.6) is 5.75 Å². The second kappa shape index (κ2) is 4.05. The van der Waals surface area contributed by atoms with Crippen molar-refractivity contribution < 1.29 is 14.3 Å². The normalized spacial score (nSPS) is 9.64. The Morgan fingerprint density at radius 3 is 2.43 bits per heavy atom. The van der Waals surface area contributed by atoms with Crippen LogP contribution < -0.4 is 4.74 Å². The number of ether oxygens (including phenoxy) is 1. The number of aldehydes is 1. The van der Waals surface area contributed by atoms with Crippen molar-refractivity contribution in [3.05, 3.63) is 28.8 Å². The van der Waals surface area contributed by atoms with Crippen molar-refractivity contribution in [1.82, 2.24) is 0 Å². The fraction of sp³-hybridized carbons (Fsp3) is 0.273. The van der Waals surface area contributed by atoms with Crippen molar-refractivity contribution in [3.8, 4) is 5.75 Å². The molecule has 0 heterocycles. The Labute approximate surface area is 82.7 Å². The molecular weight excluding hydrogens is 180 g/mol. The SMILES string of the molecule is CC(=O)Oc1cc(C)c(C=O)cc1C. The summed E-state index contributed by atoms with van der Waals surface area (Å²) < 4.78 is 4.97. The predicted octanol–water partition coefficient (Wildman–Crippen LogP) is 2.04. The molecule has 1 aromatic rings. The van der Waals surface area contributed by atoms with E-state index >= 15 is 0 Å². The zero-order chi connectivity index (χ0) is 10.7. The van der Waals surface area contributed by atoms with Gasteiger partial charge in [-0.15, -0.1) is 0 Å². The Bertz CT molecular complexity index is 380. The first-order valence-corrected chi connectivity index (χ1v) is 4.29. The van der Waals surface area contributed by atoms with Gasteiger partial charge in [-0.1, -0.05) is 0 Å². The second-order valence-corrected chi connectivity index (χ2v) is 3.19. The van der Waals surface area contributed by atoms with Crippen molar-refractivity contribution in [3.63, 3.8) is 0 Å². The van der Waals surface area contributed by atoms with Gasteiger partial charge in [0.15, 0.2) is 0 Å². The number of aryl methyl sites for hydroxylation is 2. The van der Waals surface area contributed by atoms with Crippen molar-refractivity contribution in [2.45, 2.75) is 20.8 Å². The Hall–Kier alpha value is -1.64. The summed E-state index contributed by atoms with van der Waals surface area (Å²) in [5.74, 6) is 0.159. The van der Waals surface area contributed by atoms with Gasteiger partial charge in [-0.25, -0.2) is 0 Å². The lowest BCUT2D eigenvalue weighted by Crippen LogP contribution is -2.03. The van der Waals surface area contributed by atoms with Crippen LogP contribution in [0.4, 0.5) is 0 Å². The highest BCUT2D eigenvalue weighted by Crippen LogP contribution is 2.21. The van der Waals surface area contributed by atoms with E-state index in [0.29, 0.717) is 11.3 Å². The molecule has 3 heteroatoms. The van der Waals surface area contributed by atoms with Crippen LogP contribution in [0.2, 0.25) is 0 Å². The standard InChI is InChI=1S/C11H12O3/c1-7-5-11(14-9(3)13)8(2)4-10(7)6-12/h4-6H,1-3H3. The van der Waals surface area contributed by atoms with Gasteiger partial charge >= 0.3 is 5.97 Å². The number of carbonyl (C=O) groups excluding carboxylic acids is 2. The van der Waals surface area contributed by atoms with E-state index < -0.39 is 0 Å². The predicted molar refractivity (Wildman–Crippen MR) is 52.6 cm³/mol. The molecule has 74 valence electrons. The van der Waals surface area contributed by atoms with Gasteiger partial charge in [0.05, 0.1) is 0 Å². The fourth-order valence-electron chi connectivity index (χ4n) is 1.20. The van der Waals surface area contributed by atoms with E-state index in [-0.39, 0.29) is 5.97 Å². The van der Waals surface area contributed by atoms with E-state index in [1.54, 1.807) is 26.0 Å². The molecule has 0 fully saturated rings. The van der Waals surface area contributed by atoms with Crippen molar-refractivity contribution in [1.29, 1.82) is 0 Å². The molecule has 0 unspecified atom stereocenters. The number of hydrogen-bond donors (Lipinski definition) is 0. The van der Waals surface area contributed by atoms with E-state index in [2.05, 4.69) is 0 Å². The van der Waals surface area contributed by atoms with Crippen LogP contribution in [-0.2, 0) is 4.79 Å². The molecule has 0 aromatic heterocycles. The Kier molecular flexibility index (Phi) is 3.02. The van der Waals surface area contributed by atoms with Gasteiger partial charge in [0.1, 0.15) is 12.0 Å². The average molecular weight is 192 g/mol. The van der Waals surface area contributed by atoms with Crippen LogP contribution in [-0.4, -0.2) is 12.3 Å². The Morgan fingerprint density at radius 1 is 1.29 bits per heavy atom. The topological polar surface area (TPSA) is 43.4 Å². The molecule has 0 aliphatic carbocycles. The first-order chi connectivity index (χ1) is 6.54. The molecule has 1 rings (SSSR count). The van der Waals surface area contributed by atoms with Crippen molar-refractivity contribution >= 4 is 12.3 Å². The minimum Gasteiger partial charge on any atom is -0.426 e. The highest BCUT2D eigenvalue weighted by molar-refractivity contribution is 5.79. The lowest BCUT2D eigenvalue weighted by molar-refractivity contribution is -0.131. The molecule has 0 aliphatic rings. The molecular formula is C11H12O3. The molecule has 14 heavy (non-hydrogen) atoms. The monoisotopic (exact) mass is 192 g/mol. The van der Waals surface area contributed by atoms with Gasteiger partial charge in [-0.2, -0.15) is 0 Å². The number of esters is 1. The average Bonchev–Trinajstić information content (AvgIpc) is 2.10. The van der Waals surface area contributed by atoms with Crippen LogP contribution in [0.15, 0.2) is 12.1 Å². The molecule has 0 radical (unpaired) electrons. The summed E-state index contributed by atoms with van der Waals surface area (Å²) in [4.78, 5) is 21.3. The molecule has 3 nitrogen and oxygen atoms in total. The number of rotatable bonds is 2. The lowest BCUT2D eigenvalue weighted by atomic mass is 10.1.